The summed E-state index contributed by atoms with van der Waals surface area (Å²) in [6.07, 6.45) is -1.81. The second-order valence-electron chi connectivity index (χ2n) is 5.04. The first-order valence-electron chi connectivity index (χ1n) is 6.31. The predicted octanol–water partition coefficient (Wildman–Crippen LogP) is 1.57. The van der Waals surface area contributed by atoms with Crippen LogP contribution in [0.2, 0.25) is 5.02 Å². The number of benzene rings is 1. The second-order valence-corrected chi connectivity index (χ2v) is 5.48. The monoisotopic (exact) mass is 295 g/mol. The molecule has 1 amide bonds. The van der Waals surface area contributed by atoms with Crippen molar-refractivity contribution in [2.24, 2.45) is 0 Å². The van der Waals surface area contributed by atoms with Gasteiger partial charge < -0.3 is 19.5 Å². The first-order valence-corrected chi connectivity index (χ1v) is 6.69. The standard InChI is InChI=1S/C14H14ClNO4/c1-7-9-4-8(15)2-3-12(9)20-13(7)14(19)16-5-10(17)11(18)6-16/h2-4,10-11,17-18H,5-6H2,1H3/t10-,11+. The summed E-state index contributed by atoms with van der Waals surface area (Å²) >= 11 is 5.94. The zero-order valence-electron chi connectivity index (χ0n) is 10.8. The van der Waals surface area contributed by atoms with Crippen LogP contribution in [0.15, 0.2) is 22.6 Å². The van der Waals surface area contributed by atoms with Crippen molar-refractivity contribution in [1.82, 2.24) is 4.90 Å². The number of aryl methyl sites for hydroxylation is 1. The summed E-state index contributed by atoms with van der Waals surface area (Å²) in [6.45, 7) is 2.01. The molecule has 2 N–H and O–H groups in total. The minimum atomic E-state index is -0.905. The smallest absolute Gasteiger partial charge is 0.290 e. The fourth-order valence-electron chi connectivity index (χ4n) is 2.48. The van der Waals surface area contributed by atoms with Crippen molar-refractivity contribution in [2.75, 3.05) is 13.1 Å². The molecule has 0 saturated carbocycles. The van der Waals surface area contributed by atoms with Gasteiger partial charge in [-0.15, -0.1) is 0 Å². The van der Waals surface area contributed by atoms with E-state index in [0.717, 1.165) is 5.39 Å². The van der Waals surface area contributed by atoms with Crippen LogP contribution < -0.4 is 0 Å². The Balaban J connectivity index is 1.98. The Morgan fingerprint density at radius 3 is 2.65 bits per heavy atom. The maximum atomic E-state index is 12.4. The van der Waals surface area contributed by atoms with E-state index in [1.54, 1.807) is 25.1 Å². The normalized spacial score (nSPS) is 22.7. The Morgan fingerprint density at radius 1 is 1.35 bits per heavy atom. The van der Waals surface area contributed by atoms with Crippen LogP contribution in [0.1, 0.15) is 16.1 Å². The highest BCUT2D eigenvalue weighted by molar-refractivity contribution is 6.31. The number of amides is 1. The molecule has 5 nitrogen and oxygen atoms in total. The Kier molecular flexibility index (Phi) is 3.20. The molecule has 1 aliphatic heterocycles. The van der Waals surface area contributed by atoms with Crippen molar-refractivity contribution in [2.45, 2.75) is 19.1 Å². The van der Waals surface area contributed by atoms with E-state index in [1.807, 2.05) is 0 Å². The predicted molar refractivity (Wildman–Crippen MR) is 73.9 cm³/mol. The summed E-state index contributed by atoms with van der Waals surface area (Å²) in [5.41, 5.74) is 1.30. The van der Waals surface area contributed by atoms with Crippen molar-refractivity contribution in [1.29, 1.82) is 0 Å². The van der Waals surface area contributed by atoms with E-state index in [4.69, 9.17) is 16.0 Å². The number of likely N-dealkylation sites (tertiary alicyclic amines) is 1. The molecule has 2 aromatic rings. The lowest BCUT2D eigenvalue weighted by Gasteiger charge is -2.13. The molecule has 0 aliphatic carbocycles. The van der Waals surface area contributed by atoms with Gasteiger partial charge in [-0.2, -0.15) is 0 Å². The average Bonchev–Trinajstić information content (AvgIpc) is 2.91. The molecule has 0 radical (unpaired) electrons. The van der Waals surface area contributed by atoms with Gasteiger partial charge in [0.2, 0.25) is 0 Å². The number of furan rings is 1. The molecule has 3 rings (SSSR count). The molecule has 106 valence electrons. The highest BCUT2D eigenvalue weighted by atomic mass is 35.5. The van der Waals surface area contributed by atoms with E-state index < -0.39 is 12.2 Å². The molecule has 0 bridgehead atoms. The summed E-state index contributed by atoms with van der Waals surface area (Å²) in [6, 6.07) is 5.17. The Hall–Kier alpha value is -1.56. The molecule has 0 spiro atoms. The summed E-state index contributed by atoms with van der Waals surface area (Å²) in [7, 11) is 0. The average molecular weight is 296 g/mol. The number of β-amino-alcohol motifs (C(OH)–C–C–N with tert-alkyl or cyclic N) is 2. The number of aliphatic hydroxyl groups excluding tert-OH is 2. The molecule has 2 atom stereocenters. The third-order valence-corrected chi connectivity index (χ3v) is 3.87. The van der Waals surface area contributed by atoms with Crippen LogP contribution in [-0.4, -0.2) is 46.3 Å². The minimum Gasteiger partial charge on any atom is -0.451 e. The Labute approximate surface area is 120 Å². The highest BCUT2D eigenvalue weighted by Crippen LogP contribution is 2.29. The number of nitrogens with zero attached hydrogens (tertiary/aromatic N) is 1. The van der Waals surface area contributed by atoms with Crippen LogP contribution in [-0.2, 0) is 0 Å². The van der Waals surface area contributed by atoms with Crippen LogP contribution in [0.4, 0.5) is 0 Å². The first kappa shape index (κ1) is 13.4. The Bertz CT molecular complexity index is 671. The molecule has 6 heteroatoms. The lowest BCUT2D eigenvalue weighted by atomic mass is 10.1. The molecular weight excluding hydrogens is 282 g/mol. The van der Waals surface area contributed by atoms with E-state index >= 15 is 0 Å². The number of carbonyl (C=O) groups excluding carboxylic acids is 1. The summed E-state index contributed by atoms with van der Waals surface area (Å²) in [5.74, 6) is -0.103. The number of rotatable bonds is 1. The van der Waals surface area contributed by atoms with Crippen molar-refractivity contribution in [3.05, 3.63) is 34.5 Å². The van der Waals surface area contributed by atoms with E-state index in [2.05, 4.69) is 0 Å². The third-order valence-electron chi connectivity index (χ3n) is 3.64. The molecule has 1 fully saturated rings. The number of hydrogen-bond acceptors (Lipinski definition) is 4. The van der Waals surface area contributed by atoms with E-state index in [9.17, 15) is 15.0 Å². The molecule has 1 aromatic heterocycles. The van der Waals surface area contributed by atoms with Crippen LogP contribution in [0, 0.1) is 6.92 Å². The van der Waals surface area contributed by atoms with Crippen LogP contribution in [0.5, 0.6) is 0 Å². The summed E-state index contributed by atoms with van der Waals surface area (Å²) < 4.78 is 5.59. The largest absolute Gasteiger partial charge is 0.451 e. The van der Waals surface area contributed by atoms with Crippen molar-refractivity contribution in [3.8, 4) is 0 Å². The van der Waals surface area contributed by atoms with Gasteiger partial charge in [-0.1, -0.05) is 11.6 Å². The second kappa shape index (κ2) is 4.77. The maximum absolute atomic E-state index is 12.4. The topological polar surface area (TPSA) is 73.9 Å². The van der Waals surface area contributed by atoms with Gasteiger partial charge in [0, 0.05) is 29.1 Å². The van der Waals surface area contributed by atoms with Crippen LogP contribution >= 0.6 is 11.6 Å². The van der Waals surface area contributed by atoms with Crippen molar-refractivity contribution < 1.29 is 19.4 Å². The lowest BCUT2D eigenvalue weighted by Crippen LogP contribution is -2.29. The molecule has 20 heavy (non-hydrogen) atoms. The molecule has 0 unspecified atom stereocenters. The maximum Gasteiger partial charge on any atom is 0.290 e. The summed E-state index contributed by atoms with van der Waals surface area (Å²) in [4.78, 5) is 13.8. The van der Waals surface area contributed by atoms with Gasteiger partial charge >= 0.3 is 0 Å². The SMILES string of the molecule is Cc1c(C(=O)N2C[C@@H](O)[C@@H](O)C2)oc2ccc(Cl)cc12. The number of aliphatic hydroxyl groups is 2. The first-order chi connectivity index (χ1) is 9.47. The highest BCUT2D eigenvalue weighted by Gasteiger charge is 2.35. The van der Waals surface area contributed by atoms with Crippen molar-refractivity contribution in [3.63, 3.8) is 0 Å². The van der Waals surface area contributed by atoms with E-state index in [1.165, 1.54) is 4.90 Å². The van der Waals surface area contributed by atoms with Gasteiger partial charge in [-0.05, 0) is 25.1 Å². The zero-order valence-corrected chi connectivity index (χ0v) is 11.6. The minimum absolute atomic E-state index is 0.108. The van der Waals surface area contributed by atoms with Gasteiger partial charge in [-0.25, -0.2) is 0 Å². The van der Waals surface area contributed by atoms with Gasteiger partial charge in [-0.3, -0.25) is 4.79 Å². The van der Waals surface area contributed by atoms with Crippen LogP contribution in [0.25, 0.3) is 11.0 Å². The molecule has 1 aromatic carbocycles. The number of halogens is 1. The fraction of sp³-hybridized carbons (Fsp3) is 0.357. The molecule has 2 heterocycles. The fourth-order valence-corrected chi connectivity index (χ4v) is 2.65. The Morgan fingerprint density at radius 2 is 2.00 bits per heavy atom. The van der Waals surface area contributed by atoms with Crippen molar-refractivity contribution >= 4 is 28.5 Å². The molecule has 1 aliphatic rings. The molecule has 1 saturated heterocycles. The quantitative estimate of drug-likeness (QED) is 0.837. The third kappa shape index (κ3) is 2.08. The van der Waals surface area contributed by atoms with Gasteiger partial charge in [0.1, 0.15) is 5.58 Å². The lowest BCUT2D eigenvalue weighted by molar-refractivity contribution is 0.0572. The van der Waals surface area contributed by atoms with E-state index in [0.29, 0.717) is 16.2 Å². The van der Waals surface area contributed by atoms with Gasteiger partial charge in [0.15, 0.2) is 5.76 Å². The molecular formula is C14H14ClNO4. The number of hydrogen-bond donors (Lipinski definition) is 2. The number of fused-ring (bicyclic) bond motifs is 1. The number of carbonyl (C=O) groups is 1. The van der Waals surface area contributed by atoms with Gasteiger partial charge in [0.05, 0.1) is 12.2 Å². The van der Waals surface area contributed by atoms with Gasteiger partial charge in [0.25, 0.3) is 5.91 Å². The summed E-state index contributed by atoms with van der Waals surface area (Å²) in [5, 5.41) is 20.4. The zero-order chi connectivity index (χ0) is 14.4. The van der Waals surface area contributed by atoms with E-state index in [-0.39, 0.29) is 24.8 Å². The van der Waals surface area contributed by atoms with Crippen LogP contribution in [0.3, 0.4) is 0 Å².